The van der Waals surface area contributed by atoms with Gasteiger partial charge in [-0.1, -0.05) is 28.8 Å². The molecular weight excluding hydrogens is 276 g/mol. The van der Waals surface area contributed by atoms with Crippen molar-refractivity contribution in [3.05, 3.63) is 59.4 Å². The highest BCUT2D eigenvalue weighted by atomic mass is 35.5. The van der Waals surface area contributed by atoms with Crippen LogP contribution in [-0.4, -0.2) is 21.4 Å². The van der Waals surface area contributed by atoms with Crippen molar-refractivity contribution < 1.29 is 4.42 Å². The van der Waals surface area contributed by atoms with Gasteiger partial charge in [0.15, 0.2) is 0 Å². The Hall–Kier alpha value is -2.53. The van der Waals surface area contributed by atoms with Crippen LogP contribution in [-0.2, 0) is 0 Å². The summed E-state index contributed by atoms with van der Waals surface area (Å²) in [5.41, 5.74) is 1.66. The second kappa shape index (κ2) is 5.63. The molecule has 0 amide bonds. The molecule has 98 valence electrons. The van der Waals surface area contributed by atoms with Gasteiger partial charge in [-0.2, -0.15) is 0 Å². The highest BCUT2D eigenvalue weighted by Crippen LogP contribution is 2.19. The van der Waals surface area contributed by atoms with Crippen LogP contribution in [0, 0.1) is 0 Å². The number of hydrogen-bond acceptors (Lipinski definition) is 5. The molecule has 2 aromatic heterocycles. The second-order valence-electron chi connectivity index (χ2n) is 3.94. The molecule has 0 aliphatic heterocycles. The first kappa shape index (κ1) is 12.5. The lowest BCUT2D eigenvalue weighted by atomic mass is 10.2. The van der Waals surface area contributed by atoms with E-state index in [1.807, 2.05) is 18.2 Å². The third kappa shape index (κ3) is 2.89. The topological polar surface area (TPSA) is 64.2 Å². The first-order valence-corrected chi connectivity index (χ1v) is 6.22. The van der Waals surface area contributed by atoms with E-state index in [0.29, 0.717) is 10.9 Å². The smallest absolute Gasteiger partial charge is 0.342 e. The fourth-order valence-corrected chi connectivity index (χ4v) is 1.68. The maximum atomic E-state index is 5.81. The maximum Gasteiger partial charge on any atom is 0.342 e. The SMILES string of the molecule is Clc1ccc(/C=N/c2nnc(-c3cccnc3)o2)cc1. The summed E-state index contributed by atoms with van der Waals surface area (Å²) in [4.78, 5) is 8.12. The zero-order valence-electron chi connectivity index (χ0n) is 10.3. The molecule has 6 heteroatoms. The lowest BCUT2D eigenvalue weighted by molar-refractivity contribution is 0.580. The summed E-state index contributed by atoms with van der Waals surface area (Å²) in [6, 6.07) is 11.1. The monoisotopic (exact) mass is 284 g/mol. The predicted molar refractivity (Wildman–Crippen MR) is 76.2 cm³/mol. The van der Waals surface area contributed by atoms with E-state index in [4.69, 9.17) is 16.0 Å². The number of rotatable bonds is 3. The van der Waals surface area contributed by atoms with E-state index in [1.165, 1.54) is 0 Å². The van der Waals surface area contributed by atoms with Crippen LogP contribution in [0.1, 0.15) is 5.56 Å². The molecule has 1 aromatic carbocycles. The van der Waals surface area contributed by atoms with Crippen LogP contribution < -0.4 is 0 Å². The Labute approximate surface area is 120 Å². The number of pyridine rings is 1. The molecule has 2 heterocycles. The van der Waals surface area contributed by atoms with Crippen molar-refractivity contribution in [3.8, 4) is 11.5 Å². The van der Waals surface area contributed by atoms with Crippen molar-refractivity contribution in [3.63, 3.8) is 0 Å². The average molecular weight is 285 g/mol. The zero-order valence-corrected chi connectivity index (χ0v) is 11.0. The number of aromatic nitrogens is 3. The summed E-state index contributed by atoms with van der Waals surface area (Å²) in [7, 11) is 0. The molecule has 20 heavy (non-hydrogen) atoms. The van der Waals surface area contributed by atoms with Crippen molar-refractivity contribution in [2.24, 2.45) is 4.99 Å². The van der Waals surface area contributed by atoms with Gasteiger partial charge < -0.3 is 4.42 Å². The highest BCUT2D eigenvalue weighted by molar-refractivity contribution is 6.30. The van der Waals surface area contributed by atoms with Crippen LogP contribution in [0.5, 0.6) is 0 Å². The minimum Gasteiger partial charge on any atom is -0.402 e. The average Bonchev–Trinajstić information content (AvgIpc) is 2.97. The van der Waals surface area contributed by atoms with Gasteiger partial charge in [0.05, 0.1) is 5.56 Å². The van der Waals surface area contributed by atoms with Gasteiger partial charge >= 0.3 is 6.01 Å². The Kier molecular flexibility index (Phi) is 3.52. The number of benzene rings is 1. The summed E-state index contributed by atoms with van der Waals surface area (Å²) in [5, 5.41) is 8.46. The van der Waals surface area contributed by atoms with Gasteiger partial charge in [0.2, 0.25) is 0 Å². The molecule has 0 fully saturated rings. The highest BCUT2D eigenvalue weighted by Gasteiger charge is 2.06. The van der Waals surface area contributed by atoms with E-state index < -0.39 is 0 Å². The van der Waals surface area contributed by atoms with Crippen molar-refractivity contribution in [1.82, 2.24) is 15.2 Å². The third-order valence-corrected chi connectivity index (χ3v) is 2.77. The van der Waals surface area contributed by atoms with Crippen molar-refractivity contribution in [2.45, 2.75) is 0 Å². The van der Waals surface area contributed by atoms with E-state index in [0.717, 1.165) is 11.1 Å². The molecule has 0 spiro atoms. The summed E-state index contributed by atoms with van der Waals surface area (Å²) in [5.74, 6) is 0.390. The predicted octanol–water partition coefficient (Wildman–Crippen LogP) is 3.54. The van der Waals surface area contributed by atoms with Gasteiger partial charge in [-0.25, -0.2) is 4.99 Å². The van der Waals surface area contributed by atoms with Gasteiger partial charge in [-0.3, -0.25) is 4.98 Å². The van der Waals surface area contributed by atoms with Crippen molar-refractivity contribution in [2.75, 3.05) is 0 Å². The Bertz CT molecular complexity index is 722. The van der Waals surface area contributed by atoms with Crippen LogP contribution in [0.25, 0.3) is 11.5 Å². The van der Waals surface area contributed by atoms with Gasteiger partial charge in [0.25, 0.3) is 5.89 Å². The first-order chi connectivity index (χ1) is 9.81. The van der Waals surface area contributed by atoms with Gasteiger partial charge in [-0.15, -0.1) is 5.10 Å². The number of hydrogen-bond donors (Lipinski definition) is 0. The molecule has 3 rings (SSSR count). The normalized spacial score (nSPS) is 11.1. The first-order valence-electron chi connectivity index (χ1n) is 5.85. The molecule has 3 aromatic rings. The summed E-state index contributed by atoms with van der Waals surface area (Å²) in [6.07, 6.45) is 4.97. The molecule has 0 atom stereocenters. The maximum absolute atomic E-state index is 5.81. The second-order valence-corrected chi connectivity index (χ2v) is 4.38. The fraction of sp³-hybridized carbons (Fsp3) is 0. The molecule has 0 N–H and O–H groups in total. The molecule has 0 radical (unpaired) electrons. The minimum atomic E-state index is 0.193. The van der Waals surface area contributed by atoms with E-state index in [-0.39, 0.29) is 6.01 Å². The van der Waals surface area contributed by atoms with E-state index in [9.17, 15) is 0 Å². The van der Waals surface area contributed by atoms with E-state index >= 15 is 0 Å². The Balaban J connectivity index is 1.79. The number of halogens is 1. The van der Waals surface area contributed by atoms with Gasteiger partial charge in [0, 0.05) is 23.6 Å². The molecular formula is C14H9ClN4O. The van der Waals surface area contributed by atoms with Crippen LogP contribution in [0.15, 0.2) is 58.2 Å². The summed E-state index contributed by atoms with van der Waals surface area (Å²) in [6.45, 7) is 0. The van der Waals surface area contributed by atoms with Crippen molar-refractivity contribution in [1.29, 1.82) is 0 Å². The molecule has 0 bridgehead atoms. The molecule has 0 aliphatic carbocycles. The fourth-order valence-electron chi connectivity index (χ4n) is 1.55. The van der Waals surface area contributed by atoms with Crippen LogP contribution >= 0.6 is 11.6 Å². The van der Waals surface area contributed by atoms with E-state index in [2.05, 4.69) is 20.2 Å². The standard InChI is InChI=1S/C14H9ClN4O/c15-12-5-3-10(4-6-12)8-17-14-19-18-13(20-14)11-2-1-7-16-9-11/h1-9H/b17-8+. The quantitative estimate of drug-likeness (QED) is 0.690. The van der Waals surface area contributed by atoms with Crippen molar-refractivity contribution >= 4 is 23.8 Å². The minimum absolute atomic E-state index is 0.193. The molecule has 5 nitrogen and oxygen atoms in total. The Morgan fingerprint density at radius 1 is 1.10 bits per heavy atom. The Morgan fingerprint density at radius 3 is 2.70 bits per heavy atom. The largest absolute Gasteiger partial charge is 0.402 e. The summed E-state index contributed by atoms with van der Waals surface area (Å²) < 4.78 is 5.43. The Morgan fingerprint density at radius 2 is 1.95 bits per heavy atom. The van der Waals surface area contributed by atoms with E-state index in [1.54, 1.807) is 36.8 Å². The molecule has 0 unspecified atom stereocenters. The lowest BCUT2D eigenvalue weighted by Gasteiger charge is -1.92. The van der Waals surface area contributed by atoms with Gasteiger partial charge in [0.1, 0.15) is 0 Å². The molecule has 0 saturated carbocycles. The summed E-state index contributed by atoms with van der Waals surface area (Å²) >= 11 is 5.81. The number of nitrogens with zero attached hydrogens (tertiary/aromatic N) is 4. The molecule has 0 aliphatic rings. The zero-order chi connectivity index (χ0) is 13.8. The van der Waals surface area contributed by atoms with Crippen LogP contribution in [0.2, 0.25) is 5.02 Å². The molecule has 0 saturated heterocycles. The van der Waals surface area contributed by atoms with Crippen LogP contribution in [0.3, 0.4) is 0 Å². The van der Waals surface area contributed by atoms with Crippen LogP contribution in [0.4, 0.5) is 6.01 Å². The lowest BCUT2D eigenvalue weighted by Crippen LogP contribution is -1.78. The number of aliphatic imine (C=N–C) groups is 1. The third-order valence-electron chi connectivity index (χ3n) is 2.52. The van der Waals surface area contributed by atoms with Gasteiger partial charge in [-0.05, 0) is 29.8 Å².